The number of ether oxygens (including phenoxy) is 1. The van der Waals surface area contributed by atoms with Gasteiger partial charge in [-0.2, -0.15) is 0 Å². The van der Waals surface area contributed by atoms with Crippen molar-refractivity contribution in [2.75, 3.05) is 39.3 Å². The second kappa shape index (κ2) is 9.22. The number of rotatable bonds is 6. The van der Waals surface area contributed by atoms with Crippen molar-refractivity contribution in [1.29, 1.82) is 0 Å². The van der Waals surface area contributed by atoms with Gasteiger partial charge in [-0.25, -0.2) is 0 Å². The molecule has 27 heavy (non-hydrogen) atoms. The highest BCUT2D eigenvalue weighted by Crippen LogP contribution is 2.17. The van der Waals surface area contributed by atoms with Crippen molar-refractivity contribution in [3.8, 4) is 5.75 Å². The summed E-state index contributed by atoms with van der Waals surface area (Å²) in [6.45, 7) is 8.29. The first-order valence-corrected chi connectivity index (χ1v) is 10.0. The lowest BCUT2D eigenvalue weighted by Gasteiger charge is -2.36. The van der Waals surface area contributed by atoms with Gasteiger partial charge in [0.2, 0.25) is 5.91 Å². The third-order valence-electron chi connectivity index (χ3n) is 5.52. The van der Waals surface area contributed by atoms with Gasteiger partial charge in [0.1, 0.15) is 5.75 Å². The van der Waals surface area contributed by atoms with E-state index >= 15 is 0 Å². The molecule has 0 saturated carbocycles. The van der Waals surface area contributed by atoms with Gasteiger partial charge >= 0.3 is 0 Å². The Kier molecular flexibility index (Phi) is 6.72. The van der Waals surface area contributed by atoms with Crippen molar-refractivity contribution in [2.45, 2.75) is 39.2 Å². The van der Waals surface area contributed by atoms with Crippen LogP contribution in [-0.4, -0.2) is 67.0 Å². The molecule has 2 aliphatic heterocycles. The van der Waals surface area contributed by atoms with Gasteiger partial charge in [0.25, 0.3) is 5.91 Å². The Morgan fingerprint density at radius 1 is 1.22 bits per heavy atom. The number of benzene rings is 1. The minimum atomic E-state index is -0.524. The monoisotopic (exact) mass is 373 g/mol. The number of hydrogen-bond acceptors (Lipinski definition) is 4. The normalized spacial score (nSPS) is 21.2. The molecule has 6 heteroatoms. The predicted octanol–water partition coefficient (Wildman–Crippen LogP) is 1.82. The van der Waals surface area contributed by atoms with Gasteiger partial charge in [0.05, 0.1) is 0 Å². The maximum Gasteiger partial charge on any atom is 0.263 e. The van der Waals surface area contributed by atoms with E-state index in [0.717, 1.165) is 25.1 Å². The van der Waals surface area contributed by atoms with Gasteiger partial charge in [-0.1, -0.05) is 12.1 Å². The van der Waals surface area contributed by atoms with Crippen molar-refractivity contribution in [2.24, 2.45) is 5.92 Å². The second-order valence-electron chi connectivity index (χ2n) is 7.68. The first-order chi connectivity index (χ1) is 13.0. The van der Waals surface area contributed by atoms with Crippen LogP contribution in [0.25, 0.3) is 0 Å². The zero-order valence-corrected chi connectivity index (χ0v) is 16.4. The molecule has 2 fully saturated rings. The van der Waals surface area contributed by atoms with Crippen molar-refractivity contribution in [3.63, 3.8) is 0 Å². The number of aryl methyl sites for hydroxylation is 1. The summed E-state index contributed by atoms with van der Waals surface area (Å²) in [5.41, 5.74) is 1.10. The van der Waals surface area contributed by atoms with E-state index in [-0.39, 0.29) is 11.8 Å². The van der Waals surface area contributed by atoms with Gasteiger partial charge < -0.3 is 19.9 Å². The Morgan fingerprint density at radius 2 is 1.96 bits per heavy atom. The molecular weight excluding hydrogens is 342 g/mol. The standard InChI is InChI=1S/C21H31N3O3/c1-16-4-3-5-19(14-16)27-17(2)21(26)24-12-10-23(11-13-24)20(25)7-6-18-8-9-22-15-18/h3-5,14,17-18,22H,6-13,15H2,1-2H3. The Morgan fingerprint density at radius 3 is 2.63 bits per heavy atom. The summed E-state index contributed by atoms with van der Waals surface area (Å²) in [4.78, 5) is 28.8. The summed E-state index contributed by atoms with van der Waals surface area (Å²) in [6, 6.07) is 7.72. The van der Waals surface area contributed by atoms with Crippen molar-refractivity contribution < 1.29 is 14.3 Å². The lowest BCUT2D eigenvalue weighted by molar-refractivity contribution is -0.143. The number of carbonyl (C=O) groups is 2. The molecule has 1 N–H and O–H groups in total. The molecule has 3 rings (SSSR count). The zero-order chi connectivity index (χ0) is 19.2. The average molecular weight is 373 g/mol. The lowest BCUT2D eigenvalue weighted by Crippen LogP contribution is -2.53. The Balaban J connectivity index is 1.42. The van der Waals surface area contributed by atoms with E-state index in [1.165, 1.54) is 6.42 Å². The summed E-state index contributed by atoms with van der Waals surface area (Å²) < 4.78 is 5.80. The molecule has 2 unspecified atom stereocenters. The molecule has 0 bridgehead atoms. The quantitative estimate of drug-likeness (QED) is 0.826. The Labute approximate surface area is 161 Å². The lowest BCUT2D eigenvalue weighted by atomic mass is 10.0. The van der Waals surface area contributed by atoms with E-state index in [2.05, 4.69) is 5.32 Å². The highest BCUT2D eigenvalue weighted by molar-refractivity contribution is 5.81. The number of nitrogens with one attached hydrogen (secondary N) is 1. The minimum absolute atomic E-state index is 0.0133. The number of nitrogens with zero attached hydrogens (tertiary/aromatic N) is 2. The number of amides is 2. The van der Waals surface area contributed by atoms with Crippen LogP contribution in [0.1, 0.15) is 31.7 Å². The zero-order valence-electron chi connectivity index (χ0n) is 16.4. The van der Waals surface area contributed by atoms with Gasteiger partial charge in [0.15, 0.2) is 6.10 Å². The van der Waals surface area contributed by atoms with E-state index in [9.17, 15) is 9.59 Å². The molecule has 2 amide bonds. The van der Waals surface area contributed by atoms with Crippen LogP contribution in [0.4, 0.5) is 0 Å². The van der Waals surface area contributed by atoms with Gasteiger partial charge in [-0.15, -0.1) is 0 Å². The predicted molar refractivity (Wildman–Crippen MR) is 105 cm³/mol. The van der Waals surface area contributed by atoms with Crippen LogP contribution in [0, 0.1) is 12.8 Å². The third-order valence-corrected chi connectivity index (χ3v) is 5.52. The van der Waals surface area contributed by atoms with Gasteiger partial charge in [-0.05, 0) is 63.4 Å². The number of piperazine rings is 1. The van der Waals surface area contributed by atoms with E-state index in [1.807, 2.05) is 41.0 Å². The maximum absolute atomic E-state index is 12.7. The highest BCUT2D eigenvalue weighted by atomic mass is 16.5. The summed E-state index contributed by atoms with van der Waals surface area (Å²) in [6.07, 6.45) is 2.23. The summed E-state index contributed by atoms with van der Waals surface area (Å²) in [5.74, 6) is 1.56. The van der Waals surface area contributed by atoms with Crippen LogP contribution < -0.4 is 10.1 Å². The third kappa shape index (κ3) is 5.45. The van der Waals surface area contributed by atoms with Crippen LogP contribution in [-0.2, 0) is 9.59 Å². The molecule has 2 atom stereocenters. The fraction of sp³-hybridized carbons (Fsp3) is 0.619. The molecule has 1 aromatic carbocycles. The molecule has 6 nitrogen and oxygen atoms in total. The van der Waals surface area contributed by atoms with E-state index in [1.54, 1.807) is 6.92 Å². The fourth-order valence-corrected chi connectivity index (χ4v) is 3.82. The smallest absolute Gasteiger partial charge is 0.263 e. The molecule has 0 aromatic heterocycles. The molecule has 2 saturated heterocycles. The van der Waals surface area contributed by atoms with E-state index < -0.39 is 6.10 Å². The van der Waals surface area contributed by atoms with Crippen LogP contribution in [0.2, 0.25) is 0 Å². The Bertz CT molecular complexity index is 650. The average Bonchev–Trinajstić information content (AvgIpc) is 3.19. The topological polar surface area (TPSA) is 61.9 Å². The summed E-state index contributed by atoms with van der Waals surface area (Å²) in [5, 5.41) is 3.34. The molecular formula is C21H31N3O3. The van der Waals surface area contributed by atoms with Crippen LogP contribution >= 0.6 is 0 Å². The van der Waals surface area contributed by atoms with Crippen LogP contribution in [0.3, 0.4) is 0 Å². The van der Waals surface area contributed by atoms with Gasteiger partial charge in [-0.3, -0.25) is 9.59 Å². The Hall–Kier alpha value is -2.08. The number of carbonyl (C=O) groups excluding carboxylic acids is 2. The minimum Gasteiger partial charge on any atom is -0.481 e. The van der Waals surface area contributed by atoms with Gasteiger partial charge in [0, 0.05) is 32.6 Å². The van der Waals surface area contributed by atoms with Crippen LogP contribution in [0.15, 0.2) is 24.3 Å². The number of hydrogen-bond donors (Lipinski definition) is 1. The first-order valence-electron chi connectivity index (χ1n) is 10.0. The SMILES string of the molecule is Cc1cccc(OC(C)C(=O)N2CCN(C(=O)CCC3CCNC3)CC2)c1. The largest absolute Gasteiger partial charge is 0.481 e. The summed E-state index contributed by atoms with van der Waals surface area (Å²) >= 11 is 0. The van der Waals surface area contributed by atoms with Crippen molar-refractivity contribution >= 4 is 11.8 Å². The molecule has 2 aliphatic rings. The first kappa shape index (κ1) is 19.7. The molecule has 0 radical (unpaired) electrons. The van der Waals surface area contributed by atoms with E-state index in [4.69, 9.17) is 4.74 Å². The van der Waals surface area contributed by atoms with Crippen molar-refractivity contribution in [1.82, 2.24) is 15.1 Å². The highest BCUT2D eigenvalue weighted by Gasteiger charge is 2.28. The fourth-order valence-electron chi connectivity index (χ4n) is 3.82. The molecule has 1 aromatic rings. The maximum atomic E-state index is 12.7. The molecule has 2 heterocycles. The van der Waals surface area contributed by atoms with E-state index in [0.29, 0.717) is 44.3 Å². The molecule has 0 aliphatic carbocycles. The second-order valence-corrected chi connectivity index (χ2v) is 7.68. The molecule has 148 valence electrons. The molecule has 0 spiro atoms. The van der Waals surface area contributed by atoms with Crippen molar-refractivity contribution in [3.05, 3.63) is 29.8 Å². The summed E-state index contributed by atoms with van der Waals surface area (Å²) in [7, 11) is 0. The van der Waals surface area contributed by atoms with Crippen LogP contribution in [0.5, 0.6) is 5.75 Å².